The van der Waals surface area contributed by atoms with Crippen LogP contribution in [0.4, 0.5) is 11.4 Å². The van der Waals surface area contributed by atoms with Crippen molar-refractivity contribution in [1.82, 2.24) is 5.32 Å². The minimum atomic E-state index is -0.479. The third-order valence-corrected chi connectivity index (χ3v) is 6.71. The molecule has 1 atom stereocenters. The monoisotopic (exact) mass is 481 g/mol. The van der Waals surface area contributed by atoms with Crippen LogP contribution >= 0.6 is 11.6 Å². The molecule has 0 bridgehead atoms. The van der Waals surface area contributed by atoms with Crippen LogP contribution in [-0.4, -0.2) is 38.5 Å². The van der Waals surface area contributed by atoms with Gasteiger partial charge in [-0.25, -0.2) is 0 Å². The van der Waals surface area contributed by atoms with Crippen LogP contribution in [0.2, 0.25) is 5.02 Å². The molecule has 1 amide bonds. The van der Waals surface area contributed by atoms with Crippen LogP contribution in [0.25, 0.3) is 0 Å². The summed E-state index contributed by atoms with van der Waals surface area (Å²) in [5.74, 6) is -0.0300. The van der Waals surface area contributed by atoms with Crippen molar-refractivity contribution in [1.29, 1.82) is 0 Å². The van der Waals surface area contributed by atoms with E-state index in [4.69, 9.17) is 16.3 Å². The number of para-hydroxylation sites is 2. The zero-order valence-corrected chi connectivity index (χ0v) is 20.7. The van der Waals surface area contributed by atoms with E-state index in [9.17, 15) is 9.59 Å². The molecule has 7 heteroatoms. The first-order chi connectivity index (χ1) is 16.3. The van der Waals surface area contributed by atoms with Gasteiger partial charge in [-0.1, -0.05) is 55.8 Å². The van der Waals surface area contributed by atoms with Gasteiger partial charge in [0.2, 0.25) is 5.91 Å². The van der Waals surface area contributed by atoms with E-state index in [1.165, 1.54) is 0 Å². The third kappa shape index (κ3) is 5.13. The molecule has 2 aliphatic rings. The van der Waals surface area contributed by atoms with Crippen LogP contribution in [0.15, 0.2) is 59.8 Å². The van der Waals surface area contributed by atoms with Gasteiger partial charge < -0.3 is 20.3 Å². The van der Waals surface area contributed by atoms with Gasteiger partial charge in [0.05, 0.1) is 24.0 Å². The minimum absolute atomic E-state index is 0.0852. The number of nitrogens with one attached hydrogen (secondary N) is 2. The molecule has 0 saturated carbocycles. The van der Waals surface area contributed by atoms with Crippen molar-refractivity contribution >= 4 is 34.7 Å². The van der Waals surface area contributed by atoms with Gasteiger partial charge in [-0.3, -0.25) is 9.59 Å². The Labute approximate surface area is 206 Å². The first kappa shape index (κ1) is 24.3. The highest BCUT2D eigenvalue weighted by molar-refractivity contribution is 6.31. The summed E-state index contributed by atoms with van der Waals surface area (Å²) in [6.07, 6.45) is 1.92. The quantitative estimate of drug-likeness (QED) is 0.538. The number of Topliss-reactive ketones (excluding diaryl/α,β-unsaturated/α-hetero) is 1. The van der Waals surface area contributed by atoms with Crippen molar-refractivity contribution in [2.45, 2.75) is 39.2 Å². The molecule has 2 aromatic carbocycles. The van der Waals surface area contributed by atoms with Crippen molar-refractivity contribution in [2.24, 2.45) is 5.41 Å². The number of hydrogen-bond acceptors (Lipinski definition) is 5. The number of hydrogen-bond donors (Lipinski definition) is 2. The number of halogens is 1. The number of methoxy groups -OCH3 is 1. The SMILES string of the molecule is COCCCNC(=O)CN1c2ccccc2NC2=C(C(=O)CC(C)(C)C2)C1c1ccccc1Cl. The van der Waals surface area contributed by atoms with Crippen LogP contribution in [0.3, 0.4) is 0 Å². The molecule has 0 aromatic heterocycles. The molecule has 180 valence electrons. The fourth-order valence-electron chi connectivity index (χ4n) is 4.90. The Balaban J connectivity index is 1.83. The summed E-state index contributed by atoms with van der Waals surface area (Å²) >= 11 is 6.70. The van der Waals surface area contributed by atoms with E-state index in [2.05, 4.69) is 24.5 Å². The molecule has 1 heterocycles. The molecule has 0 spiro atoms. The van der Waals surface area contributed by atoms with Gasteiger partial charge in [0.25, 0.3) is 0 Å². The summed E-state index contributed by atoms with van der Waals surface area (Å²) in [6.45, 7) is 5.43. The number of nitrogens with zero attached hydrogens (tertiary/aromatic N) is 1. The lowest BCUT2D eigenvalue weighted by atomic mass is 9.73. The summed E-state index contributed by atoms with van der Waals surface area (Å²) < 4.78 is 5.08. The van der Waals surface area contributed by atoms with Crippen molar-refractivity contribution in [2.75, 3.05) is 37.0 Å². The number of carbonyl (C=O) groups is 2. The molecule has 1 aliphatic carbocycles. The number of rotatable bonds is 7. The number of carbonyl (C=O) groups excluding carboxylic acids is 2. The lowest BCUT2D eigenvalue weighted by molar-refractivity contribution is -0.120. The summed E-state index contributed by atoms with van der Waals surface area (Å²) in [4.78, 5) is 28.7. The maximum absolute atomic E-state index is 13.6. The van der Waals surface area contributed by atoms with Crippen LogP contribution in [0.5, 0.6) is 0 Å². The largest absolute Gasteiger partial charge is 0.385 e. The Bertz CT molecular complexity index is 1110. The molecular weight excluding hydrogens is 450 g/mol. The Hall–Kier alpha value is -2.83. The van der Waals surface area contributed by atoms with E-state index < -0.39 is 6.04 Å². The average Bonchev–Trinajstić information content (AvgIpc) is 2.91. The van der Waals surface area contributed by atoms with Crippen molar-refractivity contribution < 1.29 is 14.3 Å². The number of benzene rings is 2. The molecule has 0 radical (unpaired) electrons. The summed E-state index contributed by atoms with van der Waals surface area (Å²) in [6, 6.07) is 15.0. The molecule has 0 fully saturated rings. The van der Waals surface area contributed by atoms with Crippen LogP contribution in [0.1, 0.15) is 44.7 Å². The highest BCUT2D eigenvalue weighted by Gasteiger charge is 2.42. The van der Waals surface area contributed by atoms with Gasteiger partial charge in [-0.2, -0.15) is 0 Å². The van der Waals surface area contributed by atoms with Gasteiger partial charge in [-0.05, 0) is 42.0 Å². The van der Waals surface area contributed by atoms with E-state index in [1.54, 1.807) is 7.11 Å². The lowest BCUT2D eigenvalue weighted by Crippen LogP contribution is -2.42. The molecule has 2 N–H and O–H groups in total. The van der Waals surface area contributed by atoms with Crippen LogP contribution < -0.4 is 15.5 Å². The lowest BCUT2D eigenvalue weighted by Gasteiger charge is -2.38. The number of amides is 1. The predicted molar refractivity (Wildman–Crippen MR) is 136 cm³/mol. The highest BCUT2D eigenvalue weighted by Crippen LogP contribution is 2.49. The molecule has 0 saturated heterocycles. The number of ketones is 1. The normalized spacial score (nSPS) is 19.1. The second-order valence-electron chi connectivity index (χ2n) is 9.72. The van der Waals surface area contributed by atoms with E-state index >= 15 is 0 Å². The minimum Gasteiger partial charge on any atom is -0.385 e. The van der Waals surface area contributed by atoms with E-state index in [-0.39, 0.29) is 23.7 Å². The second kappa shape index (κ2) is 10.2. The summed E-state index contributed by atoms with van der Waals surface area (Å²) in [7, 11) is 1.64. The van der Waals surface area contributed by atoms with Crippen molar-refractivity contribution in [3.05, 3.63) is 70.4 Å². The molecule has 4 rings (SSSR count). The maximum atomic E-state index is 13.6. The molecule has 34 heavy (non-hydrogen) atoms. The zero-order chi connectivity index (χ0) is 24.3. The number of allylic oxidation sites excluding steroid dienone is 1. The summed E-state index contributed by atoms with van der Waals surface area (Å²) in [5.41, 5.74) is 3.99. The van der Waals surface area contributed by atoms with E-state index in [0.717, 1.165) is 35.5 Å². The van der Waals surface area contributed by atoms with Gasteiger partial charge in [0.15, 0.2) is 5.78 Å². The topological polar surface area (TPSA) is 70.7 Å². The van der Waals surface area contributed by atoms with Gasteiger partial charge >= 0.3 is 0 Å². The Morgan fingerprint density at radius 2 is 1.91 bits per heavy atom. The van der Waals surface area contributed by atoms with Gasteiger partial charge in [0.1, 0.15) is 0 Å². The van der Waals surface area contributed by atoms with Crippen molar-refractivity contribution in [3.8, 4) is 0 Å². The number of anilines is 2. The number of fused-ring (bicyclic) bond motifs is 1. The van der Waals surface area contributed by atoms with Crippen LogP contribution in [-0.2, 0) is 14.3 Å². The molecule has 2 aromatic rings. The van der Waals surface area contributed by atoms with Crippen molar-refractivity contribution in [3.63, 3.8) is 0 Å². The van der Waals surface area contributed by atoms with Crippen LogP contribution in [0, 0.1) is 5.41 Å². The Morgan fingerprint density at radius 3 is 2.68 bits per heavy atom. The zero-order valence-electron chi connectivity index (χ0n) is 20.0. The number of ether oxygens (including phenoxy) is 1. The predicted octanol–water partition coefficient (Wildman–Crippen LogP) is 5.11. The molecule has 1 unspecified atom stereocenters. The molecular formula is C27H32ClN3O3. The fourth-order valence-corrected chi connectivity index (χ4v) is 5.14. The van der Waals surface area contributed by atoms with E-state index in [1.807, 2.05) is 53.4 Å². The van der Waals surface area contributed by atoms with Gasteiger partial charge in [-0.15, -0.1) is 0 Å². The first-order valence-corrected chi connectivity index (χ1v) is 12.1. The smallest absolute Gasteiger partial charge is 0.239 e. The Kier molecular flexibility index (Phi) is 7.29. The molecule has 1 aliphatic heterocycles. The standard InChI is InChI=1S/C27H32ClN3O3/c1-27(2)15-21-25(23(32)16-27)26(18-9-4-5-10-19(18)28)31(17-24(33)29-13-8-14-34-3)22-12-7-6-11-20(22)30-21/h4-7,9-12,26,30H,8,13-17H2,1-3H3,(H,29,33). The average molecular weight is 482 g/mol. The summed E-state index contributed by atoms with van der Waals surface area (Å²) in [5, 5.41) is 7.11. The fraction of sp³-hybridized carbons (Fsp3) is 0.407. The third-order valence-electron chi connectivity index (χ3n) is 6.37. The maximum Gasteiger partial charge on any atom is 0.239 e. The Morgan fingerprint density at radius 1 is 1.18 bits per heavy atom. The molecule has 6 nitrogen and oxygen atoms in total. The second-order valence-corrected chi connectivity index (χ2v) is 10.1. The van der Waals surface area contributed by atoms with Gasteiger partial charge in [0, 0.05) is 43.0 Å². The van der Waals surface area contributed by atoms with E-state index in [0.29, 0.717) is 30.2 Å². The highest BCUT2D eigenvalue weighted by atomic mass is 35.5. The first-order valence-electron chi connectivity index (χ1n) is 11.7.